The lowest BCUT2D eigenvalue weighted by Crippen LogP contribution is -2.33. The van der Waals surface area contributed by atoms with Crippen LogP contribution in [0.15, 0.2) is 24.3 Å². The molecular weight excluding hydrogens is 251 g/mol. The summed E-state index contributed by atoms with van der Waals surface area (Å²) >= 11 is 0. The lowest BCUT2D eigenvalue weighted by molar-refractivity contribution is 0.231. The largest absolute Gasteiger partial charge is 0.310 e. The first kappa shape index (κ1) is 17.1. The Morgan fingerprint density at radius 3 is 2.50 bits per heavy atom. The average Bonchev–Trinajstić information content (AvgIpc) is 2.44. The molecule has 1 aromatic rings. The normalized spacial score (nSPS) is 14.5. The van der Waals surface area contributed by atoms with Crippen LogP contribution in [-0.4, -0.2) is 31.1 Å². The van der Waals surface area contributed by atoms with Crippen LogP contribution >= 0.6 is 0 Å². The van der Waals surface area contributed by atoms with Crippen LogP contribution in [0, 0.1) is 5.82 Å². The molecule has 114 valence electrons. The van der Waals surface area contributed by atoms with Crippen LogP contribution in [0.4, 0.5) is 4.39 Å². The van der Waals surface area contributed by atoms with E-state index < -0.39 is 0 Å². The van der Waals surface area contributed by atoms with Gasteiger partial charge in [0.2, 0.25) is 0 Å². The number of hydrogen-bond donors (Lipinski definition) is 1. The Hall–Kier alpha value is -0.930. The minimum absolute atomic E-state index is 0.0949. The third-order valence-electron chi connectivity index (χ3n) is 3.96. The maximum atomic E-state index is 13.9. The standard InChI is InChI=1S/C17H29FN2/c1-5-9-14(3)20(4)13-12-17(19-6-2)15-10-7-8-11-16(15)18/h7-8,10-11,14,17,19H,5-6,9,12-13H2,1-4H3. The third-order valence-corrected chi connectivity index (χ3v) is 3.96. The fourth-order valence-corrected chi connectivity index (χ4v) is 2.56. The quantitative estimate of drug-likeness (QED) is 0.736. The highest BCUT2D eigenvalue weighted by Crippen LogP contribution is 2.20. The molecule has 2 atom stereocenters. The first-order valence-electron chi connectivity index (χ1n) is 7.78. The Morgan fingerprint density at radius 1 is 1.20 bits per heavy atom. The van der Waals surface area contributed by atoms with E-state index in [1.54, 1.807) is 12.1 Å². The maximum Gasteiger partial charge on any atom is 0.127 e. The van der Waals surface area contributed by atoms with E-state index in [1.807, 2.05) is 12.1 Å². The van der Waals surface area contributed by atoms with Crippen molar-refractivity contribution < 1.29 is 4.39 Å². The third kappa shape index (κ3) is 5.22. The molecule has 0 aliphatic rings. The smallest absolute Gasteiger partial charge is 0.127 e. The van der Waals surface area contributed by atoms with Gasteiger partial charge in [-0.2, -0.15) is 0 Å². The topological polar surface area (TPSA) is 15.3 Å². The van der Waals surface area contributed by atoms with Crippen molar-refractivity contribution in [2.24, 2.45) is 0 Å². The van der Waals surface area contributed by atoms with Crippen LogP contribution in [-0.2, 0) is 0 Å². The highest BCUT2D eigenvalue weighted by molar-refractivity contribution is 5.21. The summed E-state index contributed by atoms with van der Waals surface area (Å²) in [6.45, 7) is 8.37. The van der Waals surface area contributed by atoms with Crippen LogP contribution < -0.4 is 5.32 Å². The predicted molar refractivity (Wildman–Crippen MR) is 84.4 cm³/mol. The molecule has 0 aliphatic carbocycles. The first-order chi connectivity index (χ1) is 9.60. The molecule has 2 nitrogen and oxygen atoms in total. The summed E-state index contributed by atoms with van der Waals surface area (Å²) in [6.07, 6.45) is 3.34. The van der Waals surface area contributed by atoms with Gasteiger partial charge in [0.05, 0.1) is 0 Å². The van der Waals surface area contributed by atoms with Crippen molar-refractivity contribution in [1.82, 2.24) is 10.2 Å². The zero-order chi connectivity index (χ0) is 15.0. The van der Waals surface area contributed by atoms with Crippen LogP contribution in [0.5, 0.6) is 0 Å². The molecule has 0 saturated heterocycles. The zero-order valence-electron chi connectivity index (χ0n) is 13.3. The number of nitrogens with zero attached hydrogens (tertiary/aromatic N) is 1. The van der Waals surface area contributed by atoms with Crippen LogP contribution in [0.25, 0.3) is 0 Å². The summed E-state index contributed by atoms with van der Waals surface area (Å²) in [5.74, 6) is -0.109. The van der Waals surface area contributed by atoms with Crippen molar-refractivity contribution in [2.75, 3.05) is 20.1 Å². The molecule has 0 aliphatic heterocycles. The number of halogens is 1. The van der Waals surface area contributed by atoms with Crippen LogP contribution in [0.3, 0.4) is 0 Å². The molecule has 0 amide bonds. The van der Waals surface area contributed by atoms with E-state index in [4.69, 9.17) is 0 Å². The van der Waals surface area contributed by atoms with E-state index in [-0.39, 0.29) is 11.9 Å². The Morgan fingerprint density at radius 2 is 1.90 bits per heavy atom. The molecule has 1 N–H and O–H groups in total. The van der Waals surface area contributed by atoms with Gasteiger partial charge in [-0.25, -0.2) is 4.39 Å². The van der Waals surface area contributed by atoms with Crippen molar-refractivity contribution in [3.63, 3.8) is 0 Å². The second kappa shape index (κ2) is 9.09. The SMILES string of the molecule is CCCC(C)N(C)CCC(NCC)c1ccccc1F. The second-order valence-corrected chi connectivity index (χ2v) is 5.54. The van der Waals surface area contributed by atoms with Crippen molar-refractivity contribution in [3.8, 4) is 0 Å². The molecule has 1 aromatic carbocycles. The van der Waals surface area contributed by atoms with Gasteiger partial charge in [-0.15, -0.1) is 0 Å². The van der Waals surface area contributed by atoms with Gasteiger partial charge in [-0.05, 0) is 46.0 Å². The molecule has 0 aromatic heterocycles. The molecule has 20 heavy (non-hydrogen) atoms. The molecule has 1 rings (SSSR count). The van der Waals surface area contributed by atoms with Gasteiger partial charge >= 0.3 is 0 Å². The van der Waals surface area contributed by atoms with Gasteiger partial charge in [0, 0.05) is 17.6 Å². The van der Waals surface area contributed by atoms with Crippen LogP contribution in [0.2, 0.25) is 0 Å². The summed E-state index contributed by atoms with van der Waals surface area (Å²) in [6, 6.07) is 7.77. The molecule has 0 saturated carbocycles. The molecule has 0 bridgehead atoms. The molecule has 0 spiro atoms. The molecule has 0 heterocycles. The van der Waals surface area contributed by atoms with E-state index >= 15 is 0 Å². The number of nitrogens with one attached hydrogen (secondary N) is 1. The van der Waals surface area contributed by atoms with E-state index in [0.29, 0.717) is 6.04 Å². The molecule has 0 radical (unpaired) electrons. The van der Waals surface area contributed by atoms with E-state index in [2.05, 4.69) is 38.0 Å². The highest BCUT2D eigenvalue weighted by Gasteiger charge is 2.16. The lowest BCUT2D eigenvalue weighted by Gasteiger charge is -2.27. The first-order valence-corrected chi connectivity index (χ1v) is 7.78. The lowest BCUT2D eigenvalue weighted by atomic mass is 10.0. The van der Waals surface area contributed by atoms with Gasteiger partial charge in [-0.1, -0.05) is 38.5 Å². The minimum atomic E-state index is -0.109. The Bertz CT molecular complexity index is 381. The van der Waals surface area contributed by atoms with Gasteiger partial charge in [-0.3, -0.25) is 0 Å². The average molecular weight is 280 g/mol. The Kier molecular flexibility index (Phi) is 7.78. The van der Waals surface area contributed by atoms with Gasteiger partial charge in [0.1, 0.15) is 5.82 Å². The van der Waals surface area contributed by atoms with Crippen molar-refractivity contribution in [3.05, 3.63) is 35.6 Å². The number of hydrogen-bond acceptors (Lipinski definition) is 2. The van der Waals surface area contributed by atoms with Gasteiger partial charge in [0.25, 0.3) is 0 Å². The summed E-state index contributed by atoms with van der Waals surface area (Å²) in [5.41, 5.74) is 0.783. The summed E-state index contributed by atoms with van der Waals surface area (Å²) in [5, 5.41) is 3.40. The Balaban J connectivity index is 2.62. The maximum absolute atomic E-state index is 13.9. The molecule has 3 heteroatoms. The van der Waals surface area contributed by atoms with E-state index in [0.717, 1.165) is 25.1 Å². The monoisotopic (exact) mass is 280 g/mol. The molecular formula is C17H29FN2. The molecule has 2 unspecified atom stereocenters. The van der Waals surface area contributed by atoms with Crippen LogP contribution in [0.1, 0.15) is 51.6 Å². The van der Waals surface area contributed by atoms with Crippen molar-refractivity contribution in [2.45, 2.75) is 52.1 Å². The molecule has 0 fully saturated rings. The second-order valence-electron chi connectivity index (χ2n) is 5.54. The van der Waals surface area contributed by atoms with Crippen molar-refractivity contribution >= 4 is 0 Å². The van der Waals surface area contributed by atoms with Crippen molar-refractivity contribution in [1.29, 1.82) is 0 Å². The summed E-state index contributed by atoms with van der Waals surface area (Å²) in [7, 11) is 2.16. The van der Waals surface area contributed by atoms with E-state index in [1.165, 1.54) is 12.8 Å². The predicted octanol–water partition coefficient (Wildman–Crippen LogP) is 3.99. The highest BCUT2D eigenvalue weighted by atomic mass is 19.1. The summed E-state index contributed by atoms with van der Waals surface area (Å²) in [4.78, 5) is 2.37. The summed E-state index contributed by atoms with van der Waals surface area (Å²) < 4.78 is 13.9. The fourth-order valence-electron chi connectivity index (χ4n) is 2.56. The van der Waals surface area contributed by atoms with E-state index in [9.17, 15) is 4.39 Å². The van der Waals surface area contributed by atoms with Gasteiger partial charge in [0.15, 0.2) is 0 Å². The van der Waals surface area contributed by atoms with Gasteiger partial charge < -0.3 is 10.2 Å². The fraction of sp³-hybridized carbons (Fsp3) is 0.647. The number of rotatable bonds is 9. The Labute approximate surface area is 123 Å². The zero-order valence-corrected chi connectivity index (χ0v) is 13.3. The number of benzene rings is 1. The minimum Gasteiger partial charge on any atom is -0.310 e.